The van der Waals surface area contributed by atoms with Crippen LogP contribution in [-0.2, 0) is 9.59 Å². The van der Waals surface area contributed by atoms with Crippen LogP contribution in [0.1, 0.15) is 19.3 Å². The number of carboxylic acid groups (broad SMARTS) is 1. The Labute approximate surface area is 137 Å². The van der Waals surface area contributed by atoms with Crippen LogP contribution in [0, 0.1) is 5.41 Å². The molecule has 0 radical (unpaired) electrons. The summed E-state index contributed by atoms with van der Waals surface area (Å²) in [6, 6.07) is 8.94. The van der Waals surface area contributed by atoms with Gasteiger partial charge >= 0.3 is 12.1 Å². The lowest BCUT2D eigenvalue weighted by molar-refractivity contribution is -0.227. The van der Waals surface area contributed by atoms with E-state index in [4.69, 9.17) is 9.84 Å². The molecule has 0 aromatic heterocycles. The highest BCUT2D eigenvalue weighted by molar-refractivity contribution is 5.81. The van der Waals surface area contributed by atoms with Crippen LogP contribution in [0.5, 0.6) is 5.75 Å². The zero-order valence-corrected chi connectivity index (χ0v) is 12.9. The molecule has 1 saturated heterocycles. The van der Waals surface area contributed by atoms with E-state index in [9.17, 15) is 22.8 Å². The number of amides is 1. The second kappa shape index (κ2) is 7.11. The maximum Gasteiger partial charge on any atom is 0.406 e. The normalized spacial score (nSPS) is 20.9. The molecule has 0 saturated carbocycles. The summed E-state index contributed by atoms with van der Waals surface area (Å²) in [5, 5.41) is 8.96. The standard InChI is InChI=1S/C16H18F3NO4/c17-16(18,19)15(14(22)23)8-9-20(11-15)13(21)7-4-10-24-12-5-2-1-3-6-12/h1-3,5-6H,4,7-11H2,(H,22,23). The molecular formula is C16H18F3NO4. The van der Waals surface area contributed by atoms with Gasteiger partial charge in [0.15, 0.2) is 5.41 Å². The number of hydrogen-bond acceptors (Lipinski definition) is 3. The van der Waals surface area contributed by atoms with E-state index in [1.54, 1.807) is 24.3 Å². The summed E-state index contributed by atoms with van der Waals surface area (Å²) in [7, 11) is 0. The molecule has 2 rings (SSSR count). The third-order valence-corrected chi connectivity index (χ3v) is 4.12. The second-order valence-electron chi connectivity index (χ2n) is 5.72. The molecule has 24 heavy (non-hydrogen) atoms. The van der Waals surface area contributed by atoms with Crippen molar-refractivity contribution < 1.29 is 32.6 Å². The number of aliphatic carboxylic acids is 1. The number of ether oxygens (including phenoxy) is 1. The Kier molecular flexibility index (Phi) is 5.36. The third-order valence-electron chi connectivity index (χ3n) is 4.12. The first kappa shape index (κ1) is 18.1. The Morgan fingerprint density at radius 1 is 1.25 bits per heavy atom. The van der Waals surface area contributed by atoms with Crippen LogP contribution in [0.25, 0.3) is 0 Å². The van der Waals surface area contributed by atoms with E-state index in [0.717, 1.165) is 4.90 Å². The smallest absolute Gasteiger partial charge is 0.406 e. The monoisotopic (exact) mass is 345 g/mol. The van der Waals surface area contributed by atoms with Crippen LogP contribution in [-0.4, -0.2) is 47.8 Å². The van der Waals surface area contributed by atoms with Crippen molar-refractivity contribution in [2.75, 3.05) is 19.7 Å². The van der Waals surface area contributed by atoms with Crippen LogP contribution < -0.4 is 4.74 Å². The Hall–Kier alpha value is -2.25. The molecule has 0 bridgehead atoms. The van der Waals surface area contributed by atoms with E-state index in [1.165, 1.54) is 0 Å². The molecule has 1 amide bonds. The molecule has 1 heterocycles. The lowest BCUT2D eigenvalue weighted by Crippen LogP contribution is -2.47. The molecular weight excluding hydrogens is 327 g/mol. The van der Waals surface area contributed by atoms with Crippen molar-refractivity contribution in [2.45, 2.75) is 25.4 Å². The molecule has 1 aromatic carbocycles. The summed E-state index contributed by atoms with van der Waals surface area (Å²) in [5.74, 6) is -1.77. The molecule has 1 aliphatic heterocycles. The number of hydrogen-bond donors (Lipinski definition) is 1. The summed E-state index contributed by atoms with van der Waals surface area (Å²) in [6.45, 7) is -0.776. The number of rotatable bonds is 6. The highest BCUT2D eigenvalue weighted by Crippen LogP contribution is 2.45. The fourth-order valence-corrected chi connectivity index (χ4v) is 2.64. The minimum Gasteiger partial charge on any atom is -0.494 e. The quantitative estimate of drug-likeness (QED) is 0.805. The third kappa shape index (κ3) is 3.80. The van der Waals surface area contributed by atoms with Gasteiger partial charge in [-0.3, -0.25) is 9.59 Å². The van der Waals surface area contributed by atoms with Crippen LogP contribution in [0.2, 0.25) is 0 Å². The summed E-state index contributed by atoms with van der Waals surface area (Å²) in [5.41, 5.74) is -2.86. The molecule has 1 fully saturated rings. The van der Waals surface area contributed by atoms with Crippen molar-refractivity contribution in [3.05, 3.63) is 30.3 Å². The largest absolute Gasteiger partial charge is 0.494 e. The number of benzene rings is 1. The van der Waals surface area contributed by atoms with Gasteiger partial charge in [-0.05, 0) is 25.0 Å². The Bertz CT molecular complexity index is 591. The molecule has 1 N–H and O–H groups in total. The van der Waals surface area contributed by atoms with Crippen LogP contribution >= 0.6 is 0 Å². The predicted octanol–water partition coefficient (Wildman–Crippen LogP) is 2.71. The topological polar surface area (TPSA) is 66.8 Å². The van der Waals surface area contributed by atoms with E-state index < -0.39 is 36.4 Å². The summed E-state index contributed by atoms with van der Waals surface area (Å²) >= 11 is 0. The zero-order valence-electron chi connectivity index (χ0n) is 12.9. The Balaban J connectivity index is 1.82. The maximum absolute atomic E-state index is 13.1. The number of alkyl halides is 3. The Morgan fingerprint density at radius 3 is 2.46 bits per heavy atom. The molecule has 0 aliphatic carbocycles. The van der Waals surface area contributed by atoms with Gasteiger partial charge in [0.2, 0.25) is 5.91 Å². The van der Waals surface area contributed by atoms with E-state index in [1.807, 2.05) is 6.07 Å². The van der Waals surface area contributed by atoms with Crippen molar-refractivity contribution in [2.24, 2.45) is 5.41 Å². The van der Waals surface area contributed by atoms with Gasteiger partial charge in [0.05, 0.1) is 6.61 Å². The summed E-state index contributed by atoms with van der Waals surface area (Å²) in [4.78, 5) is 24.1. The fraction of sp³-hybridized carbons (Fsp3) is 0.500. The number of para-hydroxylation sites is 1. The van der Waals surface area contributed by atoms with Gasteiger partial charge in [-0.25, -0.2) is 0 Å². The number of carboxylic acids is 1. The number of nitrogens with zero attached hydrogens (tertiary/aromatic N) is 1. The lowest BCUT2D eigenvalue weighted by atomic mass is 9.86. The molecule has 0 spiro atoms. The average molecular weight is 345 g/mol. The highest BCUT2D eigenvalue weighted by Gasteiger charge is 2.64. The first-order chi connectivity index (χ1) is 11.3. The van der Waals surface area contributed by atoms with Crippen molar-refractivity contribution in [1.29, 1.82) is 0 Å². The van der Waals surface area contributed by atoms with Gasteiger partial charge in [0.25, 0.3) is 0 Å². The molecule has 1 aliphatic rings. The van der Waals surface area contributed by atoms with Gasteiger partial charge < -0.3 is 14.7 Å². The lowest BCUT2D eigenvalue weighted by Gasteiger charge is -2.27. The minimum absolute atomic E-state index is 0.0143. The van der Waals surface area contributed by atoms with Gasteiger partial charge in [-0.2, -0.15) is 13.2 Å². The highest BCUT2D eigenvalue weighted by atomic mass is 19.4. The van der Waals surface area contributed by atoms with E-state index in [-0.39, 0.29) is 19.6 Å². The maximum atomic E-state index is 13.1. The van der Waals surface area contributed by atoms with Crippen LogP contribution in [0.4, 0.5) is 13.2 Å². The second-order valence-corrected chi connectivity index (χ2v) is 5.72. The van der Waals surface area contributed by atoms with Crippen molar-refractivity contribution in [3.63, 3.8) is 0 Å². The molecule has 1 atom stereocenters. The zero-order chi connectivity index (χ0) is 17.8. The van der Waals surface area contributed by atoms with E-state index in [2.05, 4.69) is 0 Å². The summed E-state index contributed by atoms with van der Waals surface area (Å²) < 4.78 is 44.6. The molecule has 1 unspecified atom stereocenters. The van der Waals surface area contributed by atoms with Crippen LogP contribution in [0.3, 0.4) is 0 Å². The molecule has 8 heteroatoms. The number of halogens is 3. The van der Waals surface area contributed by atoms with Gasteiger partial charge in [0.1, 0.15) is 5.75 Å². The number of likely N-dealkylation sites (tertiary alicyclic amines) is 1. The fourth-order valence-electron chi connectivity index (χ4n) is 2.64. The molecule has 5 nitrogen and oxygen atoms in total. The van der Waals surface area contributed by atoms with Gasteiger partial charge in [-0.1, -0.05) is 18.2 Å². The van der Waals surface area contributed by atoms with E-state index in [0.29, 0.717) is 12.2 Å². The van der Waals surface area contributed by atoms with E-state index >= 15 is 0 Å². The molecule has 132 valence electrons. The Morgan fingerprint density at radius 2 is 1.92 bits per heavy atom. The van der Waals surface area contributed by atoms with Crippen LogP contribution in [0.15, 0.2) is 30.3 Å². The SMILES string of the molecule is O=C(CCCOc1ccccc1)N1CCC(C(=O)O)(C(F)(F)F)C1. The first-order valence-corrected chi connectivity index (χ1v) is 7.52. The number of carbonyl (C=O) groups excluding carboxylic acids is 1. The van der Waals surface area contributed by atoms with Gasteiger partial charge in [0, 0.05) is 19.5 Å². The van der Waals surface area contributed by atoms with Gasteiger partial charge in [-0.15, -0.1) is 0 Å². The van der Waals surface area contributed by atoms with Crippen molar-refractivity contribution in [3.8, 4) is 5.75 Å². The summed E-state index contributed by atoms with van der Waals surface area (Å²) in [6.07, 6.45) is -5.14. The number of carbonyl (C=O) groups is 2. The minimum atomic E-state index is -4.88. The predicted molar refractivity (Wildman–Crippen MR) is 78.5 cm³/mol. The average Bonchev–Trinajstić information content (AvgIpc) is 2.99. The van der Waals surface area contributed by atoms with Crippen molar-refractivity contribution in [1.82, 2.24) is 4.90 Å². The first-order valence-electron chi connectivity index (χ1n) is 7.52. The molecule has 1 aromatic rings. The van der Waals surface area contributed by atoms with Crippen molar-refractivity contribution >= 4 is 11.9 Å².